The number of rotatable bonds is 3. The van der Waals surface area contributed by atoms with Crippen molar-refractivity contribution in [3.8, 4) is 0 Å². The maximum atomic E-state index is 9.97. The number of aliphatic carboxylic acids is 2. The van der Waals surface area contributed by atoms with Crippen molar-refractivity contribution in [2.45, 2.75) is 39.0 Å². The minimum atomic E-state index is -1.08. The lowest BCUT2D eigenvalue weighted by Gasteiger charge is -2.05. The molecule has 4 heteroatoms. The molecule has 0 saturated heterocycles. The van der Waals surface area contributed by atoms with Crippen molar-refractivity contribution in [2.24, 2.45) is 5.92 Å². The first kappa shape index (κ1) is 11.9. The molecular weight excluding hydrogens is 172 g/mol. The van der Waals surface area contributed by atoms with Crippen molar-refractivity contribution in [1.29, 1.82) is 0 Å². The van der Waals surface area contributed by atoms with Gasteiger partial charge >= 0.3 is 11.9 Å². The monoisotopic (exact) mass is 188 g/mol. The summed E-state index contributed by atoms with van der Waals surface area (Å²) in [7, 11) is 0. The van der Waals surface area contributed by atoms with E-state index in [2.05, 4.69) is 0 Å². The van der Waals surface area contributed by atoms with Crippen LogP contribution in [0.3, 0.4) is 0 Å². The molecule has 0 amide bonds. The van der Waals surface area contributed by atoms with E-state index < -0.39 is 17.9 Å². The van der Waals surface area contributed by atoms with E-state index in [1.807, 2.05) is 0 Å². The van der Waals surface area contributed by atoms with Crippen LogP contribution in [-0.2, 0) is 9.59 Å². The Bertz CT molecular complexity index is 168. The van der Waals surface area contributed by atoms with Crippen molar-refractivity contribution < 1.29 is 19.8 Å². The van der Waals surface area contributed by atoms with Crippen LogP contribution in [0.2, 0.25) is 0 Å². The molecule has 0 radical (unpaired) electrons. The van der Waals surface area contributed by atoms with Crippen LogP contribution in [-0.4, -0.2) is 22.2 Å². The van der Waals surface area contributed by atoms with E-state index in [-0.39, 0.29) is 6.42 Å². The summed E-state index contributed by atoms with van der Waals surface area (Å²) in [4.78, 5) is 19.8. The Hall–Kier alpha value is -1.06. The third-order valence-electron chi connectivity index (χ3n) is 1.90. The lowest BCUT2D eigenvalue weighted by molar-refractivity contribution is -0.147. The van der Waals surface area contributed by atoms with Crippen LogP contribution in [0.5, 0.6) is 0 Å². The van der Waals surface area contributed by atoms with E-state index in [1.54, 1.807) is 0 Å². The van der Waals surface area contributed by atoms with E-state index in [0.29, 0.717) is 0 Å². The Morgan fingerprint density at radius 1 is 1.15 bits per heavy atom. The molecule has 0 aliphatic heterocycles. The van der Waals surface area contributed by atoms with E-state index >= 15 is 0 Å². The number of carboxylic acid groups (broad SMARTS) is 2. The summed E-state index contributed by atoms with van der Waals surface area (Å²) in [6.45, 7) is 1.36. The summed E-state index contributed by atoms with van der Waals surface area (Å²) < 4.78 is 0. The van der Waals surface area contributed by atoms with Gasteiger partial charge < -0.3 is 10.2 Å². The third-order valence-corrected chi connectivity index (χ3v) is 1.90. The Kier molecular flexibility index (Phi) is 5.93. The van der Waals surface area contributed by atoms with Crippen LogP contribution in [0.4, 0.5) is 0 Å². The zero-order valence-electron chi connectivity index (χ0n) is 7.82. The van der Waals surface area contributed by atoms with Crippen molar-refractivity contribution >= 4 is 11.9 Å². The molecule has 0 bridgehead atoms. The summed E-state index contributed by atoms with van der Waals surface area (Å²) in [5.74, 6) is -2.94. The minimum Gasteiger partial charge on any atom is -0.481 e. The summed E-state index contributed by atoms with van der Waals surface area (Å²) in [6, 6.07) is 0. The minimum absolute atomic E-state index is 0.310. The zero-order valence-corrected chi connectivity index (χ0v) is 7.82. The average Bonchev–Trinajstić information content (AvgIpc) is 1.80. The Morgan fingerprint density at radius 3 is 1.62 bits per heavy atom. The standard InChI is InChI=1S/C5H8O4.C4H8/c1-3(5(8)9)2-4(6)7;1-2-4-3-1/h3H,2H2,1H3,(H,6,7)(H,8,9);1-4H2. The van der Waals surface area contributed by atoms with Crippen LogP contribution in [0, 0.1) is 5.92 Å². The van der Waals surface area contributed by atoms with Gasteiger partial charge in [0.25, 0.3) is 0 Å². The first-order valence-electron chi connectivity index (χ1n) is 4.48. The molecule has 2 N–H and O–H groups in total. The molecule has 0 heterocycles. The summed E-state index contributed by atoms with van der Waals surface area (Å²) >= 11 is 0. The van der Waals surface area contributed by atoms with Gasteiger partial charge in [-0.05, 0) is 0 Å². The second-order valence-corrected chi connectivity index (χ2v) is 3.25. The fourth-order valence-corrected chi connectivity index (χ4v) is 0.599. The first-order chi connectivity index (χ1) is 6.04. The van der Waals surface area contributed by atoms with Gasteiger partial charge in [-0.3, -0.25) is 9.59 Å². The van der Waals surface area contributed by atoms with Gasteiger partial charge in [0.1, 0.15) is 0 Å². The maximum Gasteiger partial charge on any atom is 0.306 e. The number of hydrogen-bond acceptors (Lipinski definition) is 2. The van der Waals surface area contributed by atoms with Gasteiger partial charge in [0, 0.05) is 0 Å². The molecule has 0 aromatic rings. The highest BCUT2D eigenvalue weighted by molar-refractivity contribution is 5.77. The largest absolute Gasteiger partial charge is 0.481 e. The topological polar surface area (TPSA) is 74.6 Å². The number of hydrogen-bond donors (Lipinski definition) is 2. The molecule has 1 aliphatic carbocycles. The predicted octanol–water partition coefficient (Wildman–Crippen LogP) is 1.74. The Morgan fingerprint density at radius 2 is 1.54 bits per heavy atom. The third kappa shape index (κ3) is 7.31. The molecule has 13 heavy (non-hydrogen) atoms. The Labute approximate surface area is 77.6 Å². The molecule has 4 nitrogen and oxygen atoms in total. The molecule has 1 aliphatic rings. The van der Waals surface area contributed by atoms with Gasteiger partial charge in [0.05, 0.1) is 12.3 Å². The predicted molar refractivity (Wildman–Crippen MR) is 47.5 cm³/mol. The Balaban J connectivity index is 0.000000293. The van der Waals surface area contributed by atoms with Gasteiger partial charge in [0.15, 0.2) is 0 Å². The molecule has 0 aromatic carbocycles. The zero-order chi connectivity index (χ0) is 10.3. The smallest absolute Gasteiger partial charge is 0.306 e. The van der Waals surface area contributed by atoms with Gasteiger partial charge in [-0.2, -0.15) is 0 Å². The van der Waals surface area contributed by atoms with Crippen LogP contribution < -0.4 is 0 Å². The molecule has 76 valence electrons. The van der Waals surface area contributed by atoms with Crippen molar-refractivity contribution in [3.63, 3.8) is 0 Å². The van der Waals surface area contributed by atoms with E-state index in [9.17, 15) is 9.59 Å². The molecule has 0 aromatic heterocycles. The lowest BCUT2D eigenvalue weighted by atomic mass is 10.0. The second-order valence-electron chi connectivity index (χ2n) is 3.25. The van der Waals surface area contributed by atoms with Crippen LogP contribution in [0.15, 0.2) is 0 Å². The number of carboxylic acids is 2. The highest BCUT2D eigenvalue weighted by Crippen LogP contribution is 2.15. The van der Waals surface area contributed by atoms with Crippen LogP contribution in [0.1, 0.15) is 39.0 Å². The van der Waals surface area contributed by atoms with Gasteiger partial charge in [-0.25, -0.2) is 0 Å². The molecular formula is C9H16O4. The van der Waals surface area contributed by atoms with Crippen LogP contribution in [0.25, 0.3) is 0 Å². The number of carbonyl (C=O) groups is 2. The molecule has 1 atom stereocenters. The van der Waals surface area contributed by atoms with E-state index in [0.717, 1.165) is 0 Å². The second kappa shape index (κ2) is 6.46. The van der Waals surface area contributed by atoms with Gasteiger partial charge in [-0.1, -0.05) is 32.6 Å². The van der Waals surface area contributed by atoms with E-state index in [1.165, 1.54) is 32.6 Å². The molecule has 1 fully saturated rings. The van der Waals surface area contributed by atoms with Crippen molar-refractivity contribution in [1.82, 2.24) is 0 Å². The van der Waals surface area contributed by atoms with Gasteiger partial charge in [0.2, 0.25) is 0 Å². The van der Waals surface area contributed by atoms with E-state index in [4.69, 9.17) is 10.2 Å². The normalized spacial score (nSPS) is 16.1. The van der Waals surface area contributed by atoms with Crippen LogP contribution >= 0.6 is 0 Å². The first-order valence-corrected chi connectivity index (χ1v) is 4.48. The molecule has 1 rings (SSSR count). The fraction of sp³-hybridized carbons (Fsp3) is 0.778. The van der Waals surface area contributed by atoms with Gasteiger partial charge in [-0.15, -0.1) is 0 Å². The highest BCUT2D eigenvalue weighted by Gasteiger charge is 2.13. The summed E-state index contributed by atoms with van der Waals surface area (Å²) in [5.41, 5.74) is 0. The fourth-order valence-electron chi connectivity index (χ4n) is 0.599. The van der Waals surface area contributed by atoms with Crippen molar-refractivity contribution in [3.05, 3.63) is 0 Å². The summed E-state index contributed by atoms with van der Waals surface area (Å²) in [6.07, 6.45) is 5.69. The summed E-state index contributed by atoms with van der Waals surface area (Å²) in [5, 5.41) is 16.2. The highest BCUT2D eigenvalue weighted by atomic mass is 16.4. The molecule has 1 unspecified atom stereocenters. The SMILES string of the molecule is C1CCC1.CC(CC(=O)O)C(=O)O. The lowest BCUT2D eigenvalue weighted by Crippen LogP contribution is -2.13. The quantitative estimate of drug-likeness (QED) is 0.707. The maximum absolute atomic E-state index is 9.97. The average molecular weight is 188 g/mol. The van der Waals surface area contributed by atoms with Crippen molar-refractivity contribution in [2.75, 3.05) is 0 Å². The molecule has 0 spiro atoms. The molecule has 1 saturated carbocycles.